The number of morpholine rings is 1. The highest BCUT2D eigenvalue weighted by Crippen LogP contribution is 2.23. The largest absolute Gasteiger partial charge is 0.379 e. The molecule has 0 spiro atoms. The summed E-state index contributed by atoms with van der Waals surface area (Å²) in [4.78, 5) is 27.0. The Morgan fingerprint density at radius 2 is 2.03 bits per heavy atom. The number of primary amides is 1. The van der Waals surface area contributed by atoms with Crippen LogP contribution in [0, 0.1) is 6.92 Å². The van der Waals surface area contributed by atoms with E-state index in [0.29, 0.717) is 17.3 Å². The fourth-order valence-electron chi connectivity index (χ4n) is 3.35. The molecule has 4 rings (SSSR count). The second-order valence-corrected chi connectivity index (χ2v) is 7.28. The standard InChI is InChI=1S/C21H26N8O2/c1-15-2-3-16(20(22)30)12-17(15)27-21-24-5-7-29(21)19-13-18(25-14-26-19)23-4-6-28-8-10-31-11-9-28/h2-3,5,7,12-14H,4,6,8-11H2,1H3,(H2,22,30)(H,24,27)(H,23,25,26). The molecule has 0 radical (unpaired) electrons. The number of nitrogens with zero attached hydrogens (tertiary/aromatic N) is 5. The molecule has 1 aliphatic heterocycles. The zero-order valence-electron chi connectivity index (χ0n) is 17.4. The van der Waals surface area contributed by atoms with Crippen molar-refractivity contribution < 1.29 is 9.53 Å². The van der Waals surface area contributed by atoms with Crippen LogP contribution in [0.25, 0.3) is 5.82 Å². The Hall–Kier alpha value is -3.50. The summed E-state index contributed by atoms with van der Waals surface area (Å²) in [5.41, 5.74) is 7.56. The number of imidazole rings is 1. The van der Waals surface area contributed by atoms with Crippen LogP contribution in [0.5, 0.6) is 0 Å². The molecule has 1 saturated heterocycles. The highest BCUT2D eigenvalue weighted by molar-refractivity contribution is 5.94. The van der Waals surface area contributed by atoms with E-state index in [1.54, 1.807) is 18.3 Å². The summed E-state index contributed by atoms with van der Waals surface area (Å²) >= 11 is 0. The summed E-state index contributed by atoms with van der Waals surface area (Å²) in [7, 11) is 0. The first kappa shape index (κ1) is 20.8. The fourth-order valence-corrected chi connectivity index (χ4v) is 3.35. The summed E-state index contributed by atoms with van der Waals surface area (Å²) in [6.07, 6.45) is 5.02. The summed E-state index contributed by atoms with van der Waals surface area (Å²) in [5, 5.41) is 6.62. The number of aromatic nitrogens is 4. The van der Waals surface area contributed by atoms with Crippen LogP contribution in [0.2, 0.25) is 0 Å². The Balaban J connectivity index is 1.46. The second-order valence-electron chi connectivity index (χ2n) is 7.28. The highest BCUT2D eigenvalue weighted by Gasteiger charge is 2.12. The van der Waals surface area contributed by atoms with E-state index in [-0.39, 0.29) is 0 Å². The van der Waals surface area contributed by atoms with E-state index < -0.39 is 5.91 Å². The van der Waals surface area contributed by atoms with Gasteiger partial charge in [0.1, 0.15) is 18.0 Å². The molecule has 0 atom stereocenters. The molecule has 1 fully saturated rings. The first-order valence-corrected chi connectivity index (χ1v) is 10.2. The zero-order chi connectivity index (χ0) is 21.6. The Morgan fingerprint density at radius 3 is 2.84 bits per heavy atom. The lowest BCUT2D eigenvalue weighted by Gasteiger charge is -2.26. The normalized spacial score (nSPS) is 14.4. The molecule has 1 aromatic carbocycles. The number of benzene rings is 1. The fraction of sp³-hybridized carbons (Fsp3) is 0.333. The number of hydrogen-bond acceptors (Lipinski definition) is 8. The summed E-state index contributed by atoms with van der Waals surface area (Å²) in [6, 6.07) is 7.14. The van der Waals surface area contributed by atoms with Crippen LogP contribution in [-0.2, 0) is 4.74 Å². The third-order valence-corrected chi connectivity index (χ3v) is 5.15. The van der Waals surface area contributed by atoms with Crippen LogP contribution in [0.1, 0.15) is 15.9 Å². The molecule has 31 heavy (non-hydrogen) atoms. The van der Waals surface area contributed by atoms with E-state index in [0.717, 1.165) is 56.5 Å². The van der Waals surface area contributed by atoms with Gasteiger partial charge in [0.15, 0.2) is 0 Å². The number of nitrogens with one attached hydrogen (secondary N) is 2. The molecule has 10 nitrogen and oxygen atoms in total. The molecule has 1 amide bonds. The minimum absolute atomic E-state index is 0.431. The monoisotopic (exact) mass is 422 g/mol. The number of carbonyl (C=O) groups is 1. The number of rotatable bonds is 8. The van der Waals surface area contributed by atoms with Gasteiger partial charge >= 0.3 is 0 Å². The van der Waals surface area contributed by atoms with Gasteiger partial charge in [-0.1, -0.05) is 6.07 Å². The average molecular weight is 422 g/mol. The number of aryl methyl sites for hydroxylation is 1. The van der Waals surface area contributed by atoms with Gasteiger partial charge in [0.25, 0.3) is 0 Å². The van der Waals surface area contributed by atoms with Gasteiger partial charge in [-0.15, -0.1) is 0 Å². The molecule has 0 bridgehead atoms. The number of anilines is 3. The van der Waals surface area contributed by atoms with Gasteiger partial charge in [0, 0.05) is 55.9 Å². The van der Waals surface area contributed by atoms with E-state index in [4.69, 9.17) is 10.5 Å². The first-order valence-electron chi connectivity index (χ1n) is 10.2. The van der Waals surface area contributed by atoms with E-state index >= 15 is 0 Å². The van der Waals surface area contributed by atoms with E-state index in [9.17, 15) is 4.79 Å². The van der Waals surface area contributed by atoms with Crippen molar-refractivity contribution in [3.8, 4) is 5.82 Å². The zero-order valence-corrected chi connectivity index (χ0v) is 17.4. The minimum atomic E-state index is -0.477. The lowest BCUT2D eigenvalue weighted by Crippen LogP contribution is -2.39. The van der Waals surface area contributed by atoms with Gasteiger partial charge in [-0.3, -0.25) is 14.3 Å². The quantitative estimate of drug-likeness (QED) is 0.500. The van der Waals surface area contributed by atoms with Crippen LogP contribution in [0.4, 0.5) is 17.5 Å². The van der Waals surface area contributed by atoms with Crippen molar-refractivity contribution in [2.75, 3.05) is 50.0 Å². The van der Waals surface area contributed by atoms with Crippen molar-refractivity contribution in [3.05, 3.63) is 54.1 Å². The van der Waals surface area contributed by atoms with E-state index in [1.165, 1.54) is 6.33 Å². The third-order valence-electron chi connectivity index (χ3n) is 5.15. The lowest BCUT2D eigenvalue weighted by molar-refractivity contribution is 0.0398. The maximum atomic E-state index is 11.5. The van der Waals surface area contributed by atoms with E-state index in [1.807, 2.05) is 29.8 Å². The predicted molar refractivity (Wildman–Crippen MR) is 118 cm³/mol. The maximum absolute atomic E-state index is 11.5. The molecular weight excluding hydrogens is 396 g/mol. The number of carbonyl (C=O) groups excluding carboxylic acids is 1. The third kappa shape index (κ3) is 5.16. The smallest absolute Gasteiger partial charge is 0.248 e. The van der Waals surface area contributed by atoms with Gasteiger partial charge in [-0.05, 0) is 24.6 Å². The van der Waals surface area contributed by atoms with Crippen molar-refractivity contribution in [2.45, 2.75) is 6.92 Å². The van der Waals surface area contributed by atoms with Crippen LogP contribution < -0.4 is 16.4 Å². The summed E-state index contributed by atoms with van der Waals surface area (Å²) < 4.78 is 7.21. The minimum Gasteiger partial charge on any atom is -0.379 e. The molecule has 4 N–H and O–H groups in total. The van der Waals surface area contributed by atoms with Crippen LogP contribution in [0.15, 0.2) is 43.0 Å². The molecule has 1 aliphatic rings. The second kappa shape index (κ2) is 9.54. The van der Waals surface area contributed by atoms with Crippen molar-refractivity contribution in [1.29, 1.82) is 0 Å². The highest BCUT2D eigenvalue weighted by atomic mass is 16.5. The molecule has 0 saturated carbocycles. The van der Waals surface area contributed by atoms with Gasteiger partial charge in [-0.2, -0.15) is 0 Å². The molecule has 162 valence electrons. The Labute approximate surface area is 180 Å². The molecule has 3 aromatic rings. The van der Waals surface area contributed by atoms with Gasteiger partial charge in [0.05, 0.1) is 13.2 Å². The molecule has 3 heterocycles. The van der Waals surface area contributed by atoms with Crippen LogP contribution in [0.3, 0.4) is 0 Å². The molecule has 2 aromatic heterocycles. The maximum Gasteiger partial charge on any atom is 0.248 e. The SMILES string of the molecule is Cc1ccc(C(N)=O)cc1Nc1nccn1-c1cc(NCCN2CCOCC2)ncn1. The molecule has 0 aliphatic carbocycles. The van der Waals surface area contributed by atoms with Crippen molar-refractivity contribution in [3.63, 3.8) is 0 Å². The predicted octanol–water partition coefficient (Wildman–Crippen LogP) is 1.56. The summed E-state index contributed by atoms with van der Waals surface area (Å²) in [6.45, 7) is 7.14. The van der Waals surface area contributed by atoms with Gasteiger partial charge < -0.3 is 21.1 Å². The Morgan fingerprint density at radius 1 is 1.19 bits per heavy atom. The van der Waals surface area contributed by atoms with Gasteiger partial charge in [0.2, 0.25) is 11.9 Å². The first-order chi connectivity index (χ1) is 15.1. The number of hydrogen-bond donors (Lipinski definition) is 3. The average Bonchev–Trinajstić information content (AvgIpc) is 3.24. The Kier molecular flexibility index (Phi) is 6.39. The molecular formula is C21H26N8O2. The van der Waals surface area contributed by atoms with Crippen LogP contribution in [-0.4, -0.2) is 69.7 Å². The van der Waals surface area contributed by atoms with Gasteiger partial charge in [-0.25, -0.2) is 15.0 Å². The topological polar surface area (TPSA) is 123 Å². The number of ether oxygens (including phenoxy) is 1. The van der Waals surface area contributed by atoms with Crippen LogP contribution >= 0.6 is 0 Å². The Bertz CT molecular complexity index is 1050. The van der Waals surface area contributed by atoms with Crippen molar-refractivity contribution in [2.24, 2.45) is 5.73 Å². The lowest BCUT2D eigenvalue weighted by atomic mass is 10.1. The molecule has 0 unspecified atom stereocenters. The molecule has 10 heteroatoms. The number of nitrogens with two attached hydrogens (primary N) is 1. The number of amides is 1. The van der Waals surface area contributed by atoms with E-state index in [2.05, 4.69) is 30.5 Å². The summed E-state index contributed by atoms with van der Waals surface area (Å²) in [5.74, 6) is 1.51. The van der Waals surface area contributed by atoms with Crippen molar-refractivity contribution >= 4 is 23.4 Å². The van der Waals surface area contributed by atoms with Crippen molar-refractivity contribution in [1.82, 2.24) is 24.4 Å².